The number of rotatable bonds is 2. The molecule has 0 aliphatic carbocycles. The van der Waals surface area contributed by atoms with Gasteiger partial charge in [-0.05, 0) is 39.7 Å². The molecule has 0 saturated heterocycles. The summed E-state index contributed by atoms with van der Waals surface area (Å²) in [5, 5.41) is 19.7. The normalized spacial score (nSPS) is 12.0. The molecule has 5 aromatic carbocycles. The van der Waals surface area contributed by atoms with E-state index in [0.29, 0.717) is 5.56 Å². The molecule has 0 N–H and O–H groups in total. The number of hydrogen-bond acceptors (Lipinski definition) is 2. The molecule has 4 heteroatoms. The first-order valence-corrected chi connectivity index (χ1v) is 10.6. The van der Waals surface area contributed by atoms with E-state index < -0.39 is 0 Å². The van der Waals surface area contributed by atoms with Crippen LogP contribution in [0, 0.1) is 10.1 Å². The fraction of sp³-hybridized carbons (Fsp3) is 0. The smallest absolute Gasteiger partial charge is 0.277 e. The Balaban J connectivity index is 1.76. The molecule has 0 unspecified atom stereocenters. The van der Waals surface area contributed by atoms with E-state index in [1.54, 1.807) is 6.07 Å². The minimum Gasteiger partial charge on any atom is -0.315 e. The number of nitro benzene ring substituents is 1. The molecule has 0 bridgehead atoms. The van der Waals surface area contributed by atoms with Crippen LogP contribution in [-0.4, -0.2) is 9.32 Å². The van der Waals surface area contributed by atoms with Crippen molar-refractivity contribution in [1.29, 1.82) is 0 Å². The fourth-order valence-corrected chi connectivity index (χ4v) is 5.31. The summed E-state index contributed by atoms with van der Waals surface area (Å²) in [6.07, 6.45) is 2.08. The Hall–Kier alpha value is -4.44. The molecule has 0 atom stereocenters. The van der Waals surface area contributed by atoms with E-state index in [9.17, 15) is 10.1 Å². The van der Waals surface area contributed by atoms with Gasteiger partial charge in [-0.3, -0.25) is 10.1 Å². The van der Waals surface area contributed by atoms with E-state index in [1.165, 1.54) is 16.2 Å². The molecule has 0 spiro atoms. The van der Waals surface area contributed by atoms with Gasteiger partial charge in [0.05, 0.1) is 21.5 Å². The lowest BCUT2D eigenvalue weighted by molar-refractivity contribution is -0.384. The summed E-state index contributed by atoms with van der Waals surface area (Å²) in [5.41, 5.74) is 3.92. The molecule has 0 radical (unpaired) electrons. The van der Waals surface area contributed by atoms with E-state index in [4.69, 9.17) is 0 Å². The standard InChI is InChI=1S/C28H16N2O2/c31-30(32)25-14-13-17-7-1-3-9-19(17)26(25)23-16-29-24-12-6-5-11-21(24)27-20-10-4-2-8-18(20)15-22(23)28(27)29/h1-16H. The summed E-state index contributed by atoms with van der Waals surface area (Å²) in [5.74, 6) is 0. The third-order valence-corrected chi connectivity index (χ3v) is 6.62. The second-order valence-electron chi connectivity index (χ2n) is 8.24. The lowest BCUT2D eigenvalue weighted by Gasteiger charge is -2.08. The summed E-state index contributed by atoms with van der Waals surface area (Å²) >= 11 is 0. The molecule has 0 saturated carbocycles. The van der Waals surface area contributed by atoms with Gasteiger partial charge in [-0.2, -0.15) is 0 Å². The van der Waals surface area contributed by atoms with Crippen molar-refractivity contribution in [3.8, 4) is 11.1 Å². The minimum atomic E-state index is -0.271. The summed E-state index contributed by atoms with van der Waals surface area (Å²) in [7, 11) is 0. The van der Waals surface area contributed by atoms with Crippen LogP contribution in [0.2, 0.25) is 0 Å². The van der Waals surface area contributed by atoms with Gasteiger partial charge in [0, 0.05) is 34.0 Å². The summed E-state index contributed by atoms with van der Waals surface area (Å²) < 4.78 is 2.20. The predicted molar refractivity (Wildman–Crippen MR) is 131 cm³/mol. The van der Waals surface area contributed by atoms with Crippen LogP contribution in [0.25, 0.3) is 59.9 Å². The van der Waals surface area contributed by atoms with Gasteiger partial charge >= 0.3 is 0 Å². The molecule has 0 fully saturated rings. The van der Waals surface area contributed by atoms with Gasteiger partial charge in [-0.25, -0.2) is 0 Å². The first-order chi connectivity index (χ1) is 15.7. The van der Waals surface area contributed by atoms with Crippen LogP contribution in [-0.2, 0) is 0 Å². The molecule has 0 aliphatic heterocycles. The van der Waals surface area contributed by atoms with Gasteiger partial charge in [-0.15, -0.1) is 0 Å². The maximum Gasteiger partial charge on any atom is 0.277 e. The Morgan fingerprint density at radius 3 is 2.19 bits per heavy atom. The van der Waals surface area contributed by atoms with Gasteiger partial charge in [0.1, 0.15) is 0 Å². The zero-order valence-electron chi connectivity index (χ0n) is 16.9. The SMILES string of the molecule is O=[N+]([O-])c1ccc2ccccc2c1-c1cn2c3ccccc3c3c4ccccc4cc1c32. The van der Waals surface area contributed by atoms with Gasteiger partial charge in [-0.1, -0.05) is 66.7 Å². The van der Waals surface area contributed by atoms with Crippen molar-refractivity contribution in [3.63, 3.8) is 0 Å². The van der Waals surface area contributed by atoms with E-state index in [-0.39, 0.29) is 10.6 Å². The zero-order valence-corrected chi connectivity index (χ0v) is 16.9. The Bertz CT molecular complexity index is 1850. The molecule has 0 aliphatic rings. The van der Waals surface area contributed by atoms with E-state index in [0.717, 1.165) is 38.1 Å². The number of fused-ring (bicyclic) bond motifs is 6. The Morgan fingerprint density at radius 2 is 1.38 bits per heavy atom. The highest BCUT2D eigenvalue weighted by Gasteiger charge is 2.25. The summed E-state index contributed by atoms with van der Waals surface area (Å²) in [6, 6.07) is 30.3. The van der Waals surface area contributed by atoms with Crippen molar-refractivity contribution in [2.24, 2.45) is 0 Å². The highest BCUT2D eigenvalue weighted by molar-refractivity contribution is 6.28. The van der Waals surface area contributed by atoms with Crippen LogP contribution >= 0.6 is 0 Å². The summed E-state index contributed by atoms with van der Waals surface area (Å²) in [4.78, 5) is 11.8. The average molecular weight is 412 g/mol. The van der Waals surface area contributed by atoms with E-state index in [1.807, 2.05) is 42.5 Å². The van der Waals surface area contributed by atoms with Crippen molar-refractivity contribution in [2.45, 2.75) is 0 Å². The molecule has 32 heavy (non-hydrogen) atoms. The molecule has 150 valence electrons. The maximum absolute atomic E-state index is 12.1. The van der Waals surface area contributed by atoms with Crippen LogP contribution < -0.4 is 0 Å². The predicted octanol–water partition coefficient (Wildman–Crippen LogP) is 7.57. The topological polar surface area (TPSA) is 47.5 Å². The largest absolute Gasteiger partial charge is 0.315 e. The van der Waals surface area contributed by atoms with Gasteiger partial charge in [0.15, 0.2) is 0 Å². The van der Waals surface area contributed by atoms with Crippen molar-refractivity contribution in [2.75, 3.05) is 0 Å². The first-order valence-electron chi connectivity index (χ1n) is 10.6. The number of para-hydroxylation sites is 1. The molecule has 4 nitrogen and oxygen atoms in total. The monoisotopic (exact) mass is 412 g/mol. The van der Waals surface area contributed by atoms with Crippen LogP contribution in [0.3, 0.4) is 0 Å². The minimum absolute atomic E-state index is 0.131. The molecular weight excluding hydrogens is 396 g/mol. The van der Waals surface area contributed by atoms with Gasteiger partial charge in [0.25, 0.3) is 5.69 Å². The van der Waals surface area contributed by atoms with Gasteiger partial charge in [0.2, 0.25) is 0 Å². The van der Waals surface area contributed by atoms with Crippen LogP contribution in [0.5, 0.6) is 0 Å². The Kier molecular flexibility index (Phi) is 3.26. The van der Waals surface area contributed by atoms with E-state index >= 15 is 0 Å². The molecular formula is C28H16N2O2. The number of hydrogen-bond donors (Lipinski definition) is 0. The van der Waals surface area contributed by atoms with Crippen molar-refractivity contribution >= 4 is 54.4 Å². The average Bonchev–Trinajstić information content (AvgIpc) is 3.36. The quantitative estimate of drug-likeness (QED) is 0.217. The van der Waals surface area contributed by atoms with Gasteiger partial charge < -0.3 is 4.40 Å². The molecule has 7 aromatic rings. The highest BCUT2D eigenvalue weighted by atomic mass is 16.6. The molecule has 0 amide bonds. The van der Waals surface area contributed by atoms with Crippen molar-refractivity contribution < 1.29 is 4.92 Å². The fourth-order valence-electron chi connectivity index (χ4n) is 5.31. The number of aromatic nitrogens is 1. The lowest BCUT2D eigenvalue weighted by Crippen LogP contribution is -1.93. The van der Waals surface area contributed by atoms with Crippen LogP contribution in [0.1, 0.15) is 0 Å². The Labute approximate surface area is 182 Å². The van der Waals surface area contributed by atoms with Crippen molar-refractivity contribution in [3.05, 3.63) is 107 Å². The second kappa shape index (κ2) is 6.05. The summed E-state index contributed by atoms with van der Waals surface area (Å²) in [6.45, 7) is 0. The molecule has 2 aromatic heterocycles. The lowest BCUT2D eigenvalue weighted by atomic mass is 9.94. The molecule has 2 heterocycles. The Morgan fingerprint density at radius 1 is 0.688 bits per heavy atom. The van der Waals surface area contributed by atoms with Crippen LogP contribution in [0.15, 0.2) is 97.2 Å². The number of nitrogens with zero attached hydrogens (tertiary/aromatic N) is 2. The second-order valence-corrected chi connectivity index (χ2v) is 8.24. The third-order valence-electron chi connectivity index (χ3n) is 6.62. The molecule has 7 rings (SSSR count). The zero-order chi connectivity index (χ0) is 21.4. The van der Waals surface area contributed by atoms with Crippen LogP contribution in [0.4, 0.5) is 5.69 Å². The number of benzene rings is 5. The highest BCUT2D eigenvalue weighted by Crippen LogP contribution is 2.46. The van der Waals surface area contributed by atoms with Crippen molar-refractivity contribution in [1.82, 2.24) is 4.40 Å². The number of nitro groups is 1. The maximum atomic E-state index is 12.1. The van der Waals surface area contributed by atoms with E-state index in [2.05, 4.69) is 53.1 Å². The first kappa shape index (κ1) is 17.3. The third kappa shape index (κ3) is 2.11.